The molecule has 0 fully saturated rings. The van der Waals surface area contributed by atoms with Crippen LogP contribution in [0.1, 0.15) is 18.2 Å². The second-order valence-corrected chi connectivity index (χ2v) is 3.48. The monoisotopic (exact) mass is 214 g/mol. The van der Waals surface area contributed by atoms with Crippen molar-refractivity contribution in [3.63, 3.8) is 0 Å². The Balaban J connectivity index is 1.99. The molecule has 0 unspecified atom stereocenters. The van der Waals surface area contributed by atoms with E-state index in [1.165, 1.54) is 0 Å². The molecule has 0 saturated carbocycles. The molecule has 0 aliphatic carbocycles. The molecule has 0 saturated heterocycles. The minimum absolute atomic E-state index is 0.543. The summed E-state index contributed by atoms with van der Waals surface area (Å²) in [6.45, 7) is 2.60. The molecule has 1 aromatic heterocycles. The summed E-state index contributed by atoms with van der Waals surface area (Å²) in [5, 5.41) is 0. The number of hydrogen-bond acceptors (Lipinski definition) is 3. The van der Waals surface area contributed by atoms with E-state index in [9.17, 15) is 0 Å². The summed E-state index contributed by atoms with van der Waals surface area (Å²) >= 11 is 0. The van der Waals surface area contributed by atoms with Crippen LogP contribution < -0.4 is 4.74 Å². The van der Waals surface area contributed by atoms with Gasteiger partial charge in [0.2, 0.25) is 5.88 Å². The van der Waals surface area contributed by atoms with Gasteiger partial charge in [-0.15, -0.1) is 0 Å². The van der Waals surface area contributed by atoms with Gasteiger partial charge in [0.25, 0.3) is 0 Å². The van der Waals surface area contributed by atoms with Crippen LogP contribution in [0.3, 0.4) is 0 Å². The first-order chi connectivity index (χ1) is 7.88. The molecule has 3 nitrogen and oxygen atoms in total. The first-order valence-corrected chi connectivity index (χ1v) is 5.36. The van der Waals surface area contributed by atoms with Crippen molar-refractivity contribution in [2.75, 3.05) is 0 Å². The average Bonchev–Trinajstić information content (AvgIpc) is 2.38. The molecule has 0 atom stereocenters. The number of rotatable bonds is 4. The fourth-order valence-corrected chi connectivity index (χ4v) is 1.38. The van der Waals surface area contributed by atoms with Gasteiger partial charge in [0.1, 0.15) is 12.9 Å². The van der Waals surface area contributed by atoms with Gasteiger partial charge < -0.3 is 4.74 Å². The Labute approximate surface area is 95.1 Å². The minimum Gasteiger partial charge on any atom is -0.473 e. The molecule has 82 valence electrons. The highest BCUT2D eigenvalue weighted by Gasteiger charge is 1.98. The van der Waals surface area contributed by atoms with Gasteiger partial charge in [-0.1, -0.05) is 37.3 Å². The normalized spacial score (nSPS) is 10.1. The smallest absolute Gasteiger partial charge is 0.216 e. The Morgan fingerprint density at radius 2 is 1.94 bits per heavy atom. The second-order valence-electron chi connectivity index (χ2n) is 3.48. The van der Waals surface area contributed by atoms with E-state index in [0.717, 1.165) is 17.7 Å². The van der Waals surface area contributed by atoms with E-state index in [0.29, 0.717) is 12.5 Å². The third-order valence-corrected chi connectivity index (χ3v) is 2.29. The Kier molecular flexibility index (Phi) is 3.49. The van der Waals surface area contributed by atoms with Crippen LogP contribution in [0.2, 0.25) is 0 Å². The van der Waals surface area contributed by atoms with Crippen molar-refractivity contribution in [2.24, 2.45) is 0 Å². The van der Waals surface area contributed by atoms with Gasteiger partial charge >= 0.3 is 0 Å². The molecule has 16 heavy (non-hydrogen) atoms. The van der Waals surface area contributed by atoms with Crippen molar-refractivity contribution in [2.45, 2.75) is 20.0 Å². The van der Waals surface area contributed by atoms with Crippen molar-refractivity contribution >= 4 is 0 Å². The fraction of sp³-hybridized carbons (Fsp3) is 0.231. The Bertz CT molecular complexity index is 443. The third-order valence-electron chi connectivity index (χ3n) is 2.29. The van der Waals surface area contributed by atoms with Gasteiger partial charge in [-0.3, -0.25) is 0 Å². The van der Waals surface area contributed by atoms with E-state index >= 15 is 0 Å². The van der Waals surface area contributed by atoms with Crippen LogP contribution in [-0.4, -0.2) is 9.97 Å². The van der Waals surface area contributed by atoms with Crippen LogP contribution >= 0.6 is 0 Å². The van der Waals surface area contributed by atoms with E-state index in [4.69, 9.17) is 4.74 Å². The lowest BCUT2D eigenvalue weighted by Gasteiger charge is -2.05. The van der Waals surface area contributed by atoms with Crippen molar-refractivity contribution in [1.82, 2.24) is 9.97 Å². The molecule has 1 aromatic carbocycles. The first-order valence-electron chi connectivity index (χ1n) is 5.36. The standard InChI is InChI=1S/C13H14N2O/c1-2-12-8-13(15-10-14-12)16-9-11-6-4-3-5-7-11/h3-8,10H,2,9H2,1H3. The van der Waals surface area contributed by atoms with Gasteiger partial charge in [0, 0.05) is 11.8 Å². The molecule has 0 spiro atoms. The number of hydrogen-bond donors (Lipinski definition) is 0. The molecule has 0 aliphatic rings. The molecule has 2 aromatic rings. The maximum absolute atomic E-state index is 5.58. The molecule has 2 rings (SSSR count). The molecule has 0 amide bonds. The maximum Gasteiger partial charge on any atom is 0.216 e. The van der Waals surface area contributed by atoms with Crippen LogP contribution in [0.25, 0.3) is 0 Å². The van der Waals surface area contributed by atoms with E-state index in [1.807, 2.05) is 36.4 Å². The number of aryl methyl sites for hydroxylation is 1. The van der Waals surface area contributed by atoms with Gasteiger partial charge in [-0.25, -0.2) is 9.97 Å². The molecular weight excluding hydrogens is 200 g/mol. The predicted octanol–water partition coefficient (Wildman–Crippen LogP) is 2.62. The molecular formula is C13H14N2O. The van der Waals surface area contributed by atoms with Crippen LogP contribution in [0.4, 0.5) is 0 Å². The van der Waals surface area contributed by atoms with E-state index in [2.05, 4.69) is 16.9 Å². The first kappa shape index (κ1) is 10.6. The van der Waals surface area contributed by atoms with Crippen molar-refractivity contribution in [1.29, 1.82) is 0 Å². The maximum atomic E-state index is 5.58. The molecule has 0 radical (unpaired) electrons. The molecule has 1 heterocycles. The van der Waals surface area contributed by atoms with Crippen molar-refractivity contribution < 1.29 is 4.74 Å². The van der Waals surface area contributed by atoms with E-state index in [-0.39, 0.29) is 0 Å². The highest BCUT2D eigenvalue weighted by atomic mass is 16.5. The summed E-state index contributed by atoms with van der Waals surface area (Å²) in [6, 6.07) is 11.9. The minimum atomic E-state index is 0.543. The number of aromatic nitrogens is 2. The quantitative estimate of drug-likeness (QED) is 0.784. The number of nitrogens with zero attached hydrogens (tertiary/aromatic N) is 2. The third kappa shape index (κ3) is 2.79. The lowest BCUT2D eigenvalue weighted by molar-refractivity contribution is 0.293. The van der Waals surface area contributed by atoms with Crippen molar-refractivity contribution in [3.8, 4) is 5.88 Å². The summed E-state index contributed by atoms with van der Waals surface area (Å²) in [7, 11) is 0. The summed E-state index contributed by atoms with van der Waals surface area (Å²) in [4.78, 5) is 8.19. The van der Waals surface area contributed by atoms with Gasteiger partial charge in [0.15, 0.2) is 0 Å². The zero-order valence-corrected chi connectivity index (χ0v) is 9.26. The van der Waals surface area contributed by atoms with Crippen LogP contribution in [-0.2, 0) is 13.0 Å². The lowest BCUT2D eigenvalue weighted by atomic mass is 10.2. The predicted molar refractivity (Wildman–Crippen MR) is 62.2 cm³/mol. The largest absolute Gasteiger partial charge is 0.473 e. The summed E-state index contributed by atoms with van der Waals surface area (Å²) in [6.07, 6.45) is 2.43. The van der Waals surface area contributed by atoms with Crippen LogP contribution in [0.5, 0.6) is 5.88 Å². The lowest BCUT2D eigenvalue weighted by Crippen LogP contribution is -1.98. The zero-order valence-electron chi connectivity index (χ0n) is 9.26. The number of ether oxygens (including phenoxy) is 1. The topological polar surface area (TPSA) is 35.0 Å². The molecule has 0 aliphatic heterocycles. The highest BCUT2D eigenvalue weighted by molar-refractivity contribution is 5.17. The molecule has 3 heteroatoms. The Morgan fingerprint density at radius 3 is 2.69 bits per heavy atom. The van der Waals surface area contributed by atoms with Gasteiger partial charge in [-0.05, 0) is 12.0 Å². The summed E-state index contributed by atoms with van der Waals surface area (Å²) in [5.41, 5.74) is 2.14. The van der Waals surface area contributed by atoms with E-state index < -0.39 is 0 Å². The zero-order chi connectivity index (χ0) is 11.2. The SMILES string of the molecule is CCc1cc(OCc2ccccc2)ncn1. The van der Waals surface area contributed by atoms with Gasteiger partial charge in [0.05, 0.1) is 0 Å². The summed E-state index contributed by atoms with van der Waals surface area (Å²) in [5.74, 6) is 0.635. The molecule has 0 N–H and O–H groups in total. The Hall–Kier alpha value is -1.90. The Morgan fingerprint density at radius 1 is 1.12 bits per heavy atom. The van der Waals surface area contributed by atoms with Crippen LogP contribution in [0, 0.1) is 0 Å². The fourth-order valence-electron chi connectivity index (χ4n) is 1.38. The van der Waals surface area contributed by atoms with Crippen molar-refractivity contribution in [3.05, 3.63) is 54.0 Å². The highest BCUT2D eigenvalue weighted by Crippen LogP contribution is 2.10. The number of benzene rings is 1. The summed E-state index contributed by atoms with van der Waals surface area (Å²) < 4.78 is 5.58. The average molecular weight is 214 g/mol. The van der Waals surface area contributed by atoms with E-state index in [1.54, 1.807) is 6.33 Å². The second kappa shape index (κ2) is 5.26. The van der Waals surface area contributed by atoms with Crippen LogP contribution in [0.15, 0.2) is 42.7 Å². The molecule has 0 bridgehead atoms. The van der Waals surface area contributed by atoms with Gasteiger partial charge in [-0.2, -0.15) is 0 Å².